The number of carboxylic acid groups (broad SMARTS) is 4. The molecule has 15 heteroatoms. The van der Waals surface area contributed by atoms with Crippen LogP contribution in [0, 0.1) is 10.1 Å². The van der Waals surface area contributed by atoms with Crippen LogP contribution in [0.15, 0.2) is 24.3 Å². The van der Waals surface area contributed by atoms with E-state index in [0.29, 0.717) is 0 Å². The van der Waals surface area contributed by atoms with Gasteiger partial charge < -0.3 is 29.9 Å². The van der Waals surface area contributed by atoms with E-state index < -0.39 is 61.1 Å². The molecule has 1 aromatic rings. The molecule has 0 heterocycles. The number of hydrogen-bond acceptors (Lipinski definition) is 10. The van der Waals surface area contributed by atoms with Crippen LogP contribution in [0.3, 0.4) is 0 Å². The van der Waals surface area contributed by atoms with Crippen molar-refractivity contribution >= 4 is 29.6 Å². The quantitative estimate of drug-likeness (QED) is 0.108. The first-order valence-corrected chi connectivity index (χ1v) is 10.2. The monoisotopic (exact) mass is 501 g/mol. The SMILES string of the molecule is O=C(O)CN(CCOCC(OCCN(CC(=O)O)CC(=O)O)c1ccccc1[N+](=O)[O-])CC(=O)O. The van der Waals surface area contributed by atoms with Crippen molar-refractivity contribution in [2.75, 3.05) is 59.1 Å². The Kier molecular flexibility index (Phi) is 12.8. The molecule has 0 aliphatic rings. The molecular weight excluding hydrogens is 474 g/mol. The summed E-state index contributed by atoms with van der Waals surface area (Å²) in [5, 5.41) is 47.1. The fourth-order valence-electron chi connectivity index (χ4n) is 3.05. The Morgan fingerprint density at radius 3 is 1.74 bits per heavy atom. The number of nitro groups is 1. The van der Waals surface area contributed by atoms with Gasteiger partial charge in [0.25, 0.3) is 5.69 Å². The number of nitrogens with zero attached hydrogens (tertiary/aromatic N) is 3. The molecule has 0 aromatic heterocycles. The second-order valence-corrected chi connectivity index (χ2v) is 7.25. The molecule has 0 aliphatic heterocycles. The molecule has 1 aromatic carbocycles. The molecule has 0 saturated carbocycles. The summed E-state index contributed by atoms with van der Waals surface area (Å²) in [6.07, 6.45) is -1.000. The lowest BCUT2D eigenvalue weighted by Gasteiger charge is -2.23. The fraction of sp³-hybridized carbons (Fsp3) is 0.500. The van der Waals surface area contributed by atoms with E-state index in [0.717, 1.165) is 9.80 Å². The van der Waals surface area contributed by atoms with E-state index in [9.17, 15) is 29.3 Å². The maximum Gasteiger partial charge on any atom is 0.317 e. The maximum atomic E-state index is 11.4. The first kappa shape index (κ1) is 29.4. The maximum absolute atomic E-state index is 11.4. The zero-order chi connectivity index (χ0) is 26.4. The predicted molar refractivity (Wildman–Crippen MR) is 116 cm³/mol. The smallest absolute Gasteiger partial charge is 0.317 e. The number of carbonyl (C=O) groups is 4. The van der Waals surface area contributed by atoms with Crippen LogP contribution >= 0.6 is 0 Å². The van der Waals surface area contributed by atoms with E-state index in [-0.39, 0.29) is 44.2 Å². The van der Waals surface area contributed by atoms with Crippen LogP contribution in [0.4, 0.5) is 5.69 Å². The number of carboxylic acids is 4. The molecule has 0 radical (unpaired) electrons. The Labute approximate surface area is 199 Å². The molecule has 0 fully saturated rings. The summed E-state index contributed by atoms with van der Waals surface area (Å²) in [6.45, 7) is -2.80. The zero-order valence-corrected chi connectivity index (χ0v) is 18.6. The van der Waals surface area contributed by atoms with Gasteiger partial charge in [-0.25, -0.2) is 0 Å². The number of ether oxygens (including phenoxy) is 2. The minimum absolute atomic E-state index is 0.0484. The first-order chi connectivity index (χ1) is 16.5. The van der Waals surface area contributed by atoms with Crippen LogP contribution in [0.2, 0.25) is 0 Å². The predicted octanol–water partition coefficient (Wildman–Crippen LogP) is -0.388. The van der Waals surface area contributed by atoms with E-state index in [1.807, 2.05) is 0 Å². The topological polar surface area (TPSA) is 217 Å². The number of hydrogen-bond donors (Lipinski definition) is 4. The van der Waals surface area contributed by atoms with Crippen molar-refractivity contribution in [3.05, 3.63) is 39.9 Å². The van der Waals surface area contributed by atoms with Crippen LogP contribution in [-0.4, -0.2) is 118 Å². The summed E-state index contributed by atoms with van der Waals surface area (Å²) in [7, 11) is 0. The van der Waals surface area contributed by atoms with Crippen LogP contribution in [0.1, 0.15) is 11.7 Å². The van der Waals surface area contributed by atoms with Crippen LogP contribution in [0.25, 0.3) is 0 Å². The lowest BCUT2D eigenvalue weighted by atomic mass is 10.1. The van der Waals surface area contributed by atoms with Gasteiger partial charge in [0.05, 0.1) is 56.5 Å². The normalized spacial score (nSPS) is 11.9. The van der Waals surface area contributed by atoms with Crippen LogP contribution < -0.4 is 0 Å². The van der Waals surface area contributed by atoms with Gasteiger partial charge in [0, 0.05) is 19.2 Å². The molecule has 1 atom stereocenters. The Balaban J connectivity index is 2.86. The Morgan fingerprint density at radius 1 is 0.829 bits per heavy atom. The lowest BCUT2D eigenvalue weighted by molar-refractivity contribution is -0.386. The van der Waals surface area contributed by atoms with Crippen LogP contribution in [0.5, 0.6) is 0 Å². The van der Waals surface area contributed by atoms with Crippen molar-refractivity contribution in [1.29, 1.82) is 0 Å². The molecule has 0 amide bonds. The van der Waals surface area contributed by atoms with E-state index in [4.69, 9.17) is 29.9 Å². The Hall–Kier alpha value is -3.66. The number of rotatable bonds is 19. The number of aliphatic carboxylic acids is 4. The third-order valence-electron chi connectivity index (χ3n) is 4.46. The molecule has 0 spiro atoms. The molecule has 1 rings (SSSR count). The minimum atomic E-state index is -1.24. The van der Waals surface area contributed by atoms with Gasteiger partial charge in [0.15, 0.2) is 0 Å². The highest BCUT2D eigenvalue weighted by Gasteiger charge is 2.24. The summed E-state index contributed by atoms with van der Waals surface area (Å²) < 4.78 is 11.2. The molecule has 15 nitrogen and oxygen atoms in total. The van der Waals surface area contributed by atoms with Gasteiger partial charge in [-0.2, -0.15) is 0 Å². The van der Waals surface area contributed by atoms with Gasteiger partial charge >= 0.3 is 23.9 Å². The van der Waals surface area contributed by atoms with E-state index in [1.54, 1.807) is 6.07 Å². The molecule has 0 bridgehead atoms. The van der Waals surface area contributed by atoms with Gasteiger partial charge in [0.2, 0.25) is 0 Å². The summed E-state index contributed by atoms with van der Waals surface area (Å²) in [5.41, 5.74) is -0.0964. The van der Waals surface area contributed by atoms with Crippen molar-refractivity contribution in [3.63, 3.8) is 0 Å². The molecule has 35 heavy (non-hydrogen) atoms. The van der Waals surface area contributed by atoms with Gasteiger partial charge in [-0.1, -0.05) is 12.1 Å². The number of para-hydroxylation sites is 1. The second-order valence-electron chi connectivity index (χ2n) is 7.25. The first-order valence-electron chi connectivity index (χ1n) is 10.2. The highest BCUT2D eigenvalue weighted by molar-refractivity contribution is 5.73. The molecule has 0 aliphatic carbocycles. The summed E-state index contributed by atoms with van der Waals surface area (Å²) in [6, 6.07) is 5.70. The molecule has 0 saturated heterocycles. The van der Waals surface area contributed by atoms with Crippen molar-refractivity contribution < 1.29 is 54.0 Å². The van der Waals surface area contributed by atoms with E-state index in [1.165, 1.54) is 18.2 Å². The number of benzene rings is 1. The van der Waals surface area contributed by atoms with E-state index >= 15 is 0 Å². The zero-order valence-electron chi connectivity index (χ0n) is 18.6. The highest BCUT2D eigenvalue weighted by Crippen LogP contribution is 2.27. The second kappa shape index (κ2) is 15.3. The summed E-state index contributed by atoms with van der Waals surface area (Å²) in [5.74, 6) is -4.92. The molecule has 1 unspecified atom stereocenters. The minimum Gasteiger partial charge on any atom is -0.480 e. The Bertz CT molecular complexity index is 862. The average molecular weight is 501 g/mol. The summed E-state index contributed by atoms with van der Waals surface area (Å²) >= 11 is 0. The van der Waals surface area contributed by atoms with Crippen LogP contribution in [-0.2, 0) is 28.7 Å². The average Bonchev–Trinajstić information content (AvgIpc) is 2.73. The Morgan fingerprint density at radius 2 is 1.29 bits per heavy atom. The highest BCUT2D eigenvalue weighted by atomic mass is 16.6. The molecular formula is C20H27N3O12. The summed E-state index contributed by atoms with van der Waals surface area (Å²) in [4.78, 5) is 56.7. The molecule has 4 N–H and O–H groups in total. The largest absolute Gasteiger partial charge is 0.480 e. The van der Waals surface area contributed by atoms with Crippen molar-refractivity contribution in [3.8, 4) is 0 Å². The van der Waals surface area contributed by atoms with Gasteiger partial charge in [-0.15, -0.1) is 0 Å². The standard InChI is InChI=1S/C20H27N3O12/c24-17(25)9-21(10-18(26)27)5-7-34-13-16(14-3-1-2-4-15(14)23(32)33)35-8-6-22(11-19(28)29)12-20(30)31/h1-4,16H,5-13H2,(H,24,25)(H,26,27)(H,28,29)(H,30,31). The van der Waals surface area contributed by atoms with Crippen molar-refractivity contribution in [2.24, 2.45) is 0 Å². The number of nitro benzene ring substituents is 1. The third kappa shape index (κ3) is 12.4. The van der Waals surface area contributed by atoms with Crippen molar-refractivity contribution in [2.45, 2.75) is 6.10 Å². The van der Waals surface area contributed by atoms with Gasteiger partial charge in [-0.3, -0.25) is 39.1 Å². The van der Waals surface area contributed by atoms with E-state index in [2.05, 4.69) is 0 Å². The van der Waals surface area contributed by atoms with Crippen molar-refractivity contribution in [1.82, 2.24) is 9.80 Å². The molecule has 194 valence electrons. The fourth-order valence-corrected chi connectivity index (χ4v) is 3.05. The van der Waals surface area contributed by atoms with Gasteiger partial charge in [-0.05, 0) is 6.07 Å². The lowest BCUT2D eigenvalue weighted by Crippen LogP contribution is -2.37. The third-order valence-corrected chi connectivity index (χ3v) is 4.46. The van der Waals surface area contributed by atoms with Gasteiger partial charge in [0.1, 0.15) is 6.10 Å².